The summed E-state index contributed by atoms with van der Waals surface area (Å²) in [5.41, 5.74) is 1.95. The van der Waals surface area contributed by atoms with Crippen LogP contribution < -0.4 is 0 Å². The Hall–Kier alpha value is -1.38. The lowest BCUT2D eigenvalue weighted by molar-refractivity contribution is 0.628. The molecule has 0 aliphatic carbocycles. The van der Waals surface area contributed by atoms with Crippen molar-refractivity contribution < 1.29 is 4.39 Å². The van der Waals surface area contributed by atoms with E-state index >= 15 is 0 Å². The Labute approximate surface area is 107 Å². The van der Waals surface area contributed by atoms with E-state index in [1.807, 2.05) is 12.1 Å². The zero-order valence-electron chi connectivity index (χ0n) is 8.78. The molecule has 0 aliphatic rings. The predicted molar refractivity (Wildman–Crippen MR) is 72.2 cm³/mol. The average molecular weight is 263 g/mol. The van der Waals surface area contributed by atoms with Gasteiger partial charge in [-0.05, 0) is 29.6 Å². The van der Waals surface area contributed by atoms with Gasteiger partial charge in [-0.2, -0.15) is 0 Å². The maximum absolute atomic E-state index is 13.0. The van der Waals surface area contributed by atoms with Crippen LogP contribution >= 0.6 is 22.9 Å². The zero-order chi connectivity index (χ0) is 11.8. The molecule has 0 unspecified atom stereocenters. The molecule has 0 N–H and O–H groups in total. The summed E-state index contributed by atoms with van der Waals surface area (Å²) in [6.45, 7) is 0. The van der Waals surface area contributed by atoms with Crippen LogP contribution in [-0.2, 0) is 0 Å². The number of fused-ring (bicyclic) bond motifs is 1. The summed E-state index contributed by atoms with van der Waals surface area (Å²) in [4.78, 5) is 0. The van der Waals surface area contributed by atoms with Gasteiger partial charge in [0.25, 0.3) is 0 Å². The second-order valence-corrected chi connectivity index (χ2v) is 5.09. The van der Waals surface area contributed by atoms with E-state index < -0.39 is 0 Å². The predicted octanol–water partition coefficient (Wildman–Crippen LogP) is 5.36. The fourth-order valence-electron chi connectivity index (χ4n) is 1.89. The fourth-order valence-corrected chi connectivity index (χ4v) is 3.12. The molecule has 2 aromatic carbocycles. The molecule has 0 amide bonds. The van der Waals surface area contributed by atoms with Gasteiger partial charge in [-0.1, -0.05) is 29.8 Å². The first-order chi connectivity index (χ1) is 8.25. The van der Waals surface area contributed by atoms with E-state index in [0.717, 1.165) is 16.5 Å². The summed E-state index contributed by atoms with van der Waals surface area (Å²) in [6, 6.07) is 12.6. The summed E-state index contributed by atoms with van der Waals surface area (Å²) in [6.07, 6.45) is 0. The summed E-state index contributed by atoms with van der Waals surface area (Å²) >= 11 is 7.76. The maximum Gasteiger partial charge on any atom is 0.124 e. The molecule has 17 heavy (non-hydrogen) atoms. The highest BCUT2D eigenvalue weighted by Crippen LogP contribution is 2.37. The lowest BCUT2D eigenvalue weighted by Gasteiger charge is -2.03. The van der Waals surface area contributed by atoms with E-state index in [4.69, 9.17) is 11.6 Å². The first-order valence-corrected chi connectivity index (χ1v) is 6.43. The van der Waals surface area contributed by atoms with Gasteiger partial charge in [0, 0.05) is 21.2 Å². The summed E-state index contributed by atoms with van der Waals surface area (Å²) in [5.74, 6) is -0.307. The van der Waals surface area contributed by atoms with Gasteiger partial charge in [0.05, 0.1) is 5.02 Å². The number of thiophene rings is 1. The number of halogens is 2. The lowest BCUT2D eigenvalue weighted by atomic mass is 10.0. The van der Waals surface area contributed by atoms with Crippen molar-refractivity contribution >= 4 is 33.0 Å². The van der Waals surface area contributed by atoms with Crippen molar-refractivity contribution in [3.8, 4) is 11.1 Å². The van der Waals surface area contributed by atoms with Crippen LogP contribution in [0, 0.1) is 5.82 Å². The first-order valence-electron chi connectivity index (χ1n) is 5.17. The van der Waals surface area contributed by atoms with E-state index in [1.165, 1.54) is 16.8 Å². The van der Waals surface area contributed by atoms with E-state index in [1.54, 1.807) is 17.4 Å². The lowest BCUT2D eigenvalue weighted by Crippen LogP contribution is -1.80. The second-order valence-electron chi connectivity index (χ2n) is 3.77. The molecule has 0 spiro atoms. The molecule has 1 aromatic heterocycles. The quantitative estimate of drug-likeness (QED) is 0.554. The first kappa shape index (κ1) is 10.8. The molecular formula is C14H8ClFS. The van der Waals surface area contributed by atoms with Gasteiger partial charge in [0.2, 0.25) is 0 Å². The molecule has 3 rings (SSSR count). The molecule has 84 valence electrons. The van der Waals surface area contributed by atoms with Crippen LogP contribution in [0.4, 0.5) is 4.39 Å². The highest BCUT2D eigenvalue weighted by molar-refractivity contribution is 7.17. The molecular weight excluding hydrogens is 255 g/mol. The molecule has 3 aromatic rings. The minimum absolute atomic E-state index is 0.307. The average Bonchev–Trinajstić information content (AvgIpc) is 2.73. The van der Waals surface area contributed by atoms with Crippen molar-refractivity contribution in [2.45, 2.75) is 0 Å². The number of benzene rings is 2. The Morgan fingerprint density at radius 1 is 1.00 bits per heavy atom. The summed E-state index contributed by atoms with van der Waals surface area (Å²) in [7, 11) is 0. The van der Waals surface area contributed by atoms with Crippen LogP contribution in [0.5, 0.6) is 0 Å². The Kier molecular flexibility index (Phi) is 2.61. The van der Waals surface area contributed by atoms with Crippen LogP contribution in [0.15, 0.2) is 47.8 Å². The van der Waals surface area contributed by atoms with Gasteiger partial charge >= 0.3 is 0 Å². The maximum atomic E-state index is 13.0. The Morgan fingerprint density at radius 3 is 2.65 bits per heavy atom. The van der Waals surface area contributed by atoms with Crippen LogP contribution in [0.1, 0.15) is 0 Å². The van der Waals surface area contributed by atoms with Gasteiger partial charge in [-0.25, -0.2) is 4.39 Å². The Bertz CT molecular complexity index is 688. The van der Waals surface area contributed by atoms with Crippen molar-refractivity contribution in [2.75, 3.05) is 0 Å². The fraction of sp³-hybridized carbons (Fsp3) is 0. The number of rotatable bonds is 1. The topological polar surface area (TPSA) is 0 Å². The summed E-state index contributed by atoms with van der Waals surface area (Å²) in [5, 5.41) is 3.67. The minimum Gasteiger partial charge on any atom is -0.207 e. The van der Waals surface area contributed by atoms with Gasteiger partial charge in [0.15, 0.2) is 0 Å². The number of hydrogen-bond acceptors (Lipinski definition) is 1. The van der Waals surface area contributed by atoms with Crippen LogP contribution in [0.3, 0.4) is 0 Å². The zero-order valence-corrected chi connectivity index (χ0v) is 10.4. The number of hydrogen-bond donors (Lipinski definition) is 0. The molecule has 3 heteroatoms. The largest absolute Gasteiger partial charge is 0.207 e. The molecule has 0 atom stereocenters. The molecule has 0 bridgehead atoms. The second kappa shape index (κ2) is 4.13. The van der Waals surface area contributed by atoms with Crippen molar-refractivity contribution in [3.05, 3.63) is 58.7 Å². The normalized spacial score (nSPS) is 10.9. The van der Waals surface area contributed by atoms with Crippen molar-refractivity contribution in [2.24, 2.45) is 0 Å². The minimum atomic E-state index is -0.307. The van der Waals surface area contributed by atoms with Crippen molar-refractivity contribution in [1.82, 2.24) is 0 Å². The third-order valence-corrected chi connectivity index (χ3v) is 3.98. The Morgan fingerprint density at radius 2 is 1.82 bits per heavy atom. The summed E-state index contributed by atoms with van der Waals surface area (Å²) < 4.78 is 14.2. The van der Waals surface area contributed by atoms with Crippen molar-refractivity contribution in [3.63, 3.8) is 0 Å². The van der Waals surface area contributed by atoms with E-state index in [9.17, 15) is 4.39 Å². The molecule has 0 fully saturated rings. The van der Waals surface area contributed by atoms with E-state index in [0.29, 0.717) is 5.02 Å². The standard InChI is InChI=1S/C14H8ClFS/c15-13-7-9(16)5-6-10(13)12-8-17-14-4-2-1-3-11(12)14/h1-8H. The van der Waals surface area contributed by atoms with Crippen LogP contribution in [0.25, 0.3) is 21.2 Å². The van der Waals surface area contributed by atoms with Crippen molar-refractivity contribution in [1.29, 1.82) is 0 Å². The molecule has 0 radical (unpaired) electrons. The molecule has 0 aliphatic heterocycles. The highest BCUT2D eigenvalue weighted by atomic mass is 35.5. The molecule has 0 saturated heterocycles. The monoisotopic (exact) mass is 262 g/mol. The van der Waals surface area contributed by atoms with Gasteiger partial charge < -0.3 is 0 Å². The van der Waals surface area contributed by atoms with Crippen LogP contribution in [0.2, 0.25) is 5.02 Å². The van der Waals surface area contributed by atoms with E-state index in [2.05, 4.69) is 17.5 Å². The third-order valence-electron chi connectivity index (χ3n) is 2.70. The molecule has 1 heterocycles. The smallest absolute Gasteiger partial charge is 0.124 e. The highest BCUT2D eigenvalue weighted by Gasteiger charge is 2.09. The third kappa shape index (κ3) is 1.84. The van der Waals surface area contributed by atoms with Gasteiger partial charge in [-0.15, -0.1) is 11.3 Å². The van der Waals surface area contributed by atoms with E-state index in [-0.39, 0.29) is 5.82 Å². The van der Waals surface area contributed by atoms with Gasteiger partial charge in [-0.3, -0.25) is 0 Å². The van der Waals surface area contributed by atoms with Gasteiger partial charge in [0.1, 0.15) is 5.82 Å². The Balaban J connectivity index is 2.27. The SMILES string of the molecule is Fc1ccc(-c2csc3ccccc23)c(Cl)c1. The molecule has 0 nitrogen and oxygen atoms in total. The van der Waals surface area contributed by atoms with Crippen LogP contribution in [-0.4, -0.2) is 0 Å². The molecule has 0 saturated carbocycles.